The van der Waals surface area contributed by atoms with Gasteiger partial charge in [-0.2, -0.15) is 0 Å². The maximum Gasteiger partial charge on any atom is 0.180 e. The fraction of sp³-hybridized carbons (Fsp3) is 0.294. The second kappa shape index (κ2) is 11.8. The lowest BCUT2D eigenvalue weighted by molar-refractivity contribution is 0.541. The van der Waals surface area contributed by atoms with Gasteiger partial charge in [-0.3, -0.25) is 0 Å². The van der Waals surface area contributed by atoms with E-state index in [0.717, 1.165) is 61.6 Å². The minimum Gasteiger partial charge on any atom is -0.320 e. The van der Waals surface area contributed by atoms with Gasteiger partial charge < -0.3 is 4.57 Å². The summed E-state index contributed by atoms with van der Waals surface area (Å²) in [4.78, 5) is 5.32. The molecule has 0 saturated carbocycles. The quantitative estimate of drug-likeness (QED) is 0.200. The van der Waals surface area contributed by atoms with Crippen LogP contribution in [0.2, 0.25) is 0 Å². The Morgan fingerprint density at radius 2 is 1.52 bits per heavy atom. The molecule has 1 atom stereocenters. The van der Waals surface area contributed by atoms with Gasteiger partial charge in [-0.15, -0.1) is 5.10 Å². The van der Waals surface area contributed by atoms with Crippen molar-refractivity contribution in [2.45, 2.75) is 64.8 Å². The maximum atomic E-state index is 5.32. The summed E-state index contributed by atoms with van der Waals surface area (Å²) in [7, 11) is 0. The van der Waals surface area contributed by atoms with Crippen LogP contribution in [-0.4, -0.2) is 30.2 Å². The second-order valence-corrected chi connectivity index (χ2v) is 10.6. The number of H-pyrrole nitrogens is 1. The number of nitrogens with zero attached hydrogens (tertiary/aromatic N) is 5. The molecule has 3 aromatic carbocycles. The van der Waals surface area contributed by atoms with Crippen molar-refractivity contribution in [3.8, 4) is 22.5 Å². The number of rotatable bonds is 10. The minimum absolute atomic E-state index is 0.222. The predicted molar refractivity (Wildman–Crippen MR) is 161 cm³/mol. The SMILES string of the molecule is CCCCc1nc(CCCC)n2c1C(c1ccccc1)=CCC2c1ccc(-c2ccccc2-c2nnn[nH]2)cc1. The lowest BCUT2D eigenvalue weighted by Gasteiger charge is -2.29. The Bertz CT molecular complexity index is 1580. The number of hydrogen-bond donors (Lipinski definition) is 1. The second-order valence-electron chi connectivity index (χ2n) is 10.6. The zero-order valence-corrected chi connectivity index (χ0v) is 23.3. The van der Waals surface area contributed by atoms with Crippen LogP contribution in [-0.2, 0) is 12.8 Å². The molecule has 0 saturated heterocycles. The van der Waals surface area contributed by atoms with E-state index in [1.807, 2.05) is 6.07 Å². The third-order valence-electron chi connectivity index (χ3n) is 7.91. The van der Waals surface area contributed by atoms with Crippen LogP contribution in [0.3, 0.4) is 0 Å². The summed E-state index contributed by atoms with van der Waals surface area (Å²) in [5.41, 5.74) is 9.72. The first kappa shape index (κ1) is 25.9. The molecule has 202 valence electrons. The van der Waals surface area contributed by atoms with Crippen LogP contribution >= 0.6 is 0 Å². The van der Waals surface area contributed by atoms with E-state index in [0.29, 0.717) is 5.82 Å². The van der Waals surface area contributed by atoms with Crippen LogP contribution in [0.1, 0.15) is 80.3 Å². The van der Waals surface area contributed by atoms with Gasteiger partial charge in [0.25, 0.3) is 0 Å². The Morgan fingerprint density at radius 1 is 0.800 bits per heavy atom. The molecular formula is C34H36N6. The normalized spacial score (nSPS) is 14.7. The van der Waals surface area contributed by atoms with E-state index in [9.17, 15) is 0 Å². The lowest BCUT2D eigenvalue weighted by atomic mass is 9.90. The van der Waals surface area contributed by atoms with Crippen LogP contribution in [0, 0.1) is 0 Å². The molecule has 2 aromatic heterocycles. The van der Waals surface area contributed by atoms with E-state index in [1.54, 1.807) is 0 Å². The Morgan fingerprint density at radius 3 is 2.25 bits per heavy atom. The van der Waals surface area contributed by atoms with Gasteiger partial charge in [-0.1, -0.05) is 112 Å². The van der Waals surface area contributed by atoms with Gasteiger partial charge in [-0.25, -0.2) is 10.1 Å². The van der Waals surface area contributed by atoms with Crippen molar-refractivity contribution < 1.29 is 0 Å². The van der Waals surface area contributed by atoms with Gasteiger partial charge in [0, 0.05) is 17.6 Å². The minimum atomic E-state index is 0.222. The van der Waals surface area contributed by atoms with Gasteiger partial charge >= 0.3 is 0 Å². The number of hydrogen-bond acceptors (Lipinski definition) is 4. The number of aryl methyl sites for hydroxylation is 2. The highest BCUT2D eigenvalue weighted by Crippen LogP contribution is 2.40. The molecule has 6 rings (SSSR count). The van der Waals surface area contributed by atoms with Crippen molar-refractivity contribution in [1.82, 2.24) is 30.2 Å². The zero-order chi connectivity index (χ0) is 27.3. The standard InChI is InChI=1S/C34H36N6/c1-3-5-16-30-33-28(24-12-8-7-9-13-24)22-23-31(40(33)32(35-30)17-6-4-2)26-20-18-25(19-21-26)27-14-10-11-15-29(27)34-36-38-39-37-34/h7-15,18-22,31H,3-6,16-17,23H2,1-2H3,(H,36,37,38,39). The predicted octanol–water partition coefficient (Wildman–Crippen LogP) is 7.84. The molecule has 1 aliphatic heterocycles. The van der Waals surface area contributed by atoms with E-state index in [4.69, 9.17) is 4.98 Å². The fourth-order valence-electron chi connectivity index (χ4n) is 5.87. The van der Waals surface area contributed by atoms with Crippen molar-refractivity contribution in [1.29, 1.82) is 0 Å². The van der Waals surface area contributed by atoms with Crippen molar-refractivity contribution >= 4 is 5.57 Å². The molecule has 0 aliphatic carbocycles. The molecule has 0 spiro atoms. The van der Waals surface area contributed by atoms with Gasteiger partial charge in [-0.05, 0) is 58.4 Å². The van der Waals surface area contributed by atoms with Crippen LogP contribution in [0.15, 0.2) is 84.9 Å². The monoisotopic (exact) mass is 528 g/mol. The van der Waals surface area contributed by atoms with Crippen molar-refractivity contribution in [2.24, 2.45) is 0 Å². The average Bonchev–Trinajstić information content (AvgIpc) is 3.68. The van der Waals surface area contributed by atoms with Gasteiger partial charge in [0.1, 0.15) is 5.82 Å². The summed E-state index contributed by atoms with van der Waals surface area (Å²) in [6, 6.07) is 28.3. The number of fused-ring (bicyclic) bond motifs is 1. The van der Waals surface area contributed by atoms with Gasteiger partial charge in [0.05, 0.1) is 17.4 Å². The molecule has 0 amide bonds. The first-order valence-electron chi connectivity index (χ1n) is 14.6. The van der Waals surface area contributed by atoms with E-state index < -0.39 is 0 Å². The van der Waals surface area contributed by atoms with Crippen LogP contribution < -0.4 is 0 Å². The Labute approximate surface area is 236 Å². The van der Waals surface area contributed by atoms with E-state index in [-0.39, 0.29) is 6.04 Å². The van der Waals surface area contributed by atoms with Crippen molar-refractivity contribution in [3.63, 3.8) is 0 Å². The summed E-state index contributed by atoms with van der Waals surface area (Å²) in [5, 5.41) is 14.6. The van der Waals surface area contributed by atoms with Crippen LogP contribution in [0.4, 0.5) is 0 Å². The Balaban J connectivity index is 1.42. The first-order chi connectivity index (χ1) is 19.8. The maximum absolute atomic E-state index is 5.32. The van der Waals surface area contributed by atoms with Gasteiger partial charge in [0.2, 0.25) is 0 Å². The molecule has 40 heavy (non-hydrogen) atoms. The summed E-state index contributed by atoms with van der Waals surface area (Å²) in [5.74, 6) is 1.90. The molecule has 3 heterocycles. The Kier molecular flexibility index (Phi) is 7.67. The number of nitrogens with one attached hydrogen (secondary N) is 1. The molecule has 0 fully saturated rings. The molecule has 0 bridgehead atoms. The number of aromatic nitrogens is 6. The molecular weight excluding hydrogens is 492 g/mol. The molecule has 1 aliphatic rings. The van der Waals surface area contributed by atoms with Crippen molar-refractivity contribution in [2.75, 3.05) is 0 Å². The Hall–Kier alpha value is -4.32. The molecule has 5 aromatic rings. The number of benzene rings is 3. The van der Waals surface area contributed by atoms with E-state index in [2.05, 4.69) is 118 Å². The third kappa shape index (κ3) is 5.02. The van der Waals surface area contributed by atoms with Crippen LogP contribution in [0.5, 0.6) is 0 Å². The van der Waals surface area contributed by atoms with Gasteiger partial charge in [0.15, 0.2) is 5.82 Å². The zero-order valence-electron chi connectivity index (χ0n) is 23.3. The smallest absolute Gasteiger partial charge is 0.180 e. The number of aromatic amines is 1. The molecule has 1 unspecified atom stereocenters. The fourth-order valence-corrected chi connectivity index (χ4v) is 5.87. The average molecular weight is 529 g/mol. The van der Waals surface area contributed by atoms with E-state index in [1.165, 1.54) is 33.9 Å². The summed E-state index contributed by atoms with van der Waals surface area (Å²) in [6.45, 7) is 4.52. The number of imidazole rings is 1. The lowest BCUT2D eigenvalue weighted by Crippen LogP contribution is -2.20. The van der Waals surface area contributed by atoms with Crippen LogP contribution in [0.25, 0.3) is 28.1 Å². The summed E-state index contributed by atoms with van der Waals surface area (Å²) >= 11 is 0. The van der Waals surface area contributed by atoms with E-state index >= 15 is 0 Å². The molecule has 0 radical (unpaired) electrons. The first-order valence-corrected chi connectivity index (χ1v) is 14.6. The van der Waals surface area contributed by atoms with Crippen molar-refractivity contribution in [3.05, 3.63) is 113 Å². The molecule has 1 N–H and O–H groups in total. The highest BCUT2D eigenvalue weighted by Gasteiger charge is 2.29. The summed E-state index contributed by atoms with van der Waals surface area (Å²) in [6.07, 6.45) is 10.0. The number of tetrazole rings is 1. The highest BCUT2D eigenvalue weighted by atomic mass is 15.5. The summed E-state index contributed by atoms with van der Waals surface area (Å²) < 4.78 is 2.58. The third-order valence-corrected chi connectivity index (χ3v) is 7.91. The topological polar surface area (TPSA) is 72.3 Å². The number of unbranched alkanes of at least 4 members (excludes halogenated alkanes) is 2. The molecule has 6 heteroatoms. The largest absolute Gasteiger partial charge is 0.320 e. The molecule has 6 nitrogen and oxygen atoms in total. The number of allylic oxidation sites excluding steroid dienone is 1. The highest BCUT2D eigenvalue weighted by molar-refractivity contribution is 5.82.